The molecule has 0 aliphatic rings. The summed E-state index contributed by atoms with van der Waals surface area (Å²) in [6.07, 6.45) is 1.32. The molecule has 0 spiro atoms. The standard InChI is InChI=1S/C17H33O3PSi2/c1-22(2,3)13-11-21(19,12-14-23(4,5)6)20-17-10-8-7-9-16(17)15-18/h7-10,18H,11-15H2,1-6H3. The molecule has 1 aromatic rings. The Morgan fingerprint density at radius 3 is 1.87 bits per heavy atom. The van der Waals surface area contributed by atoms with Gasteiger partial charge in [-0.1, -0.05) is 57.5 Å². The molecule has 0 radical (unpaired) electrons. The zero-order chi connectivity index (χ0) is 17.7. The summed E-state index contributed by atoms with van der Waals surface area (Å²) in [4.78, 5) is 0. The van der Waals surface area contributed by atoms with Gasteiger partial charge in [-0.15, -0.1) is 0 Å². The molecule has 0 atom stereocenters. The van der Waals surface area contributed by atoms with Crippen molar-refractivity contribution in [3.05, 3.63) is 29.8 Å². The lowest BCUT2D eigenvalue weighted by Gasteiger charge is -2.26. The summed E-state index contributed by atoms with van der Waals surface area (Å²) in [7, 11) is -5.26. The van der Waals surface area contributed by atoms with Gasteiger partial charge in [0.15, 0.2) is 0 Å². The Morgan fingerprint density at radius 2 is 1.43 bits per heavy atom. The third-order valence-corrected chi connectivity index (χ3v) is 10.5. The number of para-hydroxylation sites is 1. The van der Waals surface area contributed by atoms with E-state index in [1.807, 2.05) is 24.3 Å². The fourth-order valence-electron chi connectivity index (χ4n) is 2.12. The Morgan fingerprint density at radius 1 is 0.957 bits per heavy atom. The van der Waals surface area contributed by atoms with Crippen molar-refractivity contribution in [2.45, 2.75) is 58.0 Å². The van der Waals surface area contributed by atoms with E-state index in [1.54, 1.807) is 0 Å². The quantitative estimate of drug-likeness (QED) is 0.459. The summed E-state index contributed by atoms with van der Waals surface area (Å²) in [5, 5.41) is 9.48. The minimum Gasteiger partial charge on any atom is -0.442 e. The van der Waals surface area contributed by atoms with Crippen molar-refractivity contribution < 1.29 is 14.2 Å². The monoisotopic (exact) mass is 372 g/mol. The van der Waals surface area contributed by atoms with Crippen LogP contribution in [0.4, 0.5) is 0 Å². The number of hydrogen-bond acceptors (Lipinski definition) is 3. The second kappa shape index (κ2) is 8.15. The number of benzene rings is 1. The van der Waals surface area contributed by atoms with Crippen LogP contribution in [-0.4, -0.2) is 33.6 Å². The average molecular weight is 373 g/mol. The van der Waals surface area contributed by atoms with Crippen molar-refractivity contribution >= 4 is 23.5 Å². The third-order valence-electron chi connectivity index (χ3n) is 3.81. The highest BCUT2D eigenvalue weighted by atomic mass is 31.2. The van der Waals surface area contributed by atoms with Gasteiger partial charge in [-0.25, -0.2) is 0 Å². The molecule has 0 unspecified atom stereocenters. The van der Waals surface area contributed by atoms with Gasteiger partial charge in [0.1, 0.15) is 5.75 Å². The molecule has 0 amide bonds. The molecular formula is C17H33O3PSi2. The molecule has 1 N–H and O–H groups in total. The second-order valence-corrected chi connectivity index (χ2v) is 22.7. The van der Waals surface area contributed by atoms with Crippen LogP contribution in [-0.2, 0) is 11.2 Å². The largest absolute Gasteiger partial charge is 0.442 e. The first-order valence-electron chi connectivity index (χ1n) is 8.41. The van der Waals surface area contributed by atoms with Crippen LogP contribution in [0.25, 0.3) is 0 Å². The molecule has 6 heteroatoms. The van der Waals surface area contributed by atoms with Gasteiger partial charge < -0.3 is 9.63 Å². The van der Waals surface area contributed by atoms with Gasteiger partial charge >= 0.3 is 0 Å². The SMILES string of the molecule is C[Si](C)(C)CCP(=O)(CC[Si](C)(C)C)Oc1ccccc1CO. The molecule has 23 heavy (non-hydrogen) atoms. The summed E-state index contributed by atoms with van der Waals surface area (Å²) in [6.45, 7) is 13.7. The Bertz CT molecular complexity index is 526. The summed E-state index contributed by atoms with van der Waals surface area (Å²) < 4.78 is 19.5. The van der Waals surface area contributed by atoms with E-state index in [9.17, 15) is 9.67 Å². The van der Waals surface area contributed by atoms with Crippen LogP contribution in [0.15, 0.2) is 24.3 Å². The number of aliphatic hydroxyl groups is 1. The van der Waals surface area contributed by atoms with Crippen molar-refractivity contribution in [3.8, 4) is 5.75 Å². The van der Waals surface area contributed by atoms with E-state index in [-0.39, 0.29) is 6.61 Å². The van der Waals surface area contributed by atoms with Gasteiger partial charge in [0, 0.05) is 34.0 Å². The Hall–Kier alpha value is -0.356. The molecule has 0 saturated carbocycles. The zero-order valence-electron chi connectivity index (χ0n) is 15.6. The van der Waals surface area contributed by atoms with Crippen LogP contribution in [0.1, 0.15) is 5.56 Å². The Balaban J connectivity index is 2.96. The predicted molar refractivity (Wildman–Crippen MR) is 107 cm³/mol. The molecule has 0 aliphatic heterocycles. The van der Waals surface area contributed by atoms with Crippen molar-refractivity contribution in [2.75, 3.05) is 12.3 Å². The number of rotatable bonds is 9. The van der Waals surface area contributed by atoms with Gasteiger partial charge in [0.2, 0.25) is 7.37 Å². The van der Waals surface area contributed by atoms with E-state index in [0.717, 1.165) is 12.1 Å². The molecular weight excluding hydrogens is 339 g/mol. The van der Waals surface area contributed by atoms with Gasteiger partial charge in [-0.05, 0) is 18.2 Å². The van der Waals surface area contributed by atoms with Crippen molar-refractivity contribution in [1.82, 2.24) is 0 Å². The molecule has 0 aromatic heterocycles. The van der Waals surface area contributed by atoms with Crippen LogP contribution in [0, 0.1) is 0 Å². The number of hydrogen-bond donors (Lipinski definition) is 1. The van der Waals surface area contributed by atoms with Crippen LogP contribution in [0.3, 0.4) is 0 Å². The van der Waals surface area contributed by atoms with Crippen LogP contribution < -0.4 is 4.52 Å². The minimum atomic E-state index is -2.72. The maximum Gasteiger partial charge on any atom is 0.247 e. The van der Waals surface area contributed by atoms with E-state index in [4.69, 9.17) is 4.52 Å². The third kappa shape index (κ3) is 8.34. The molecule has 132 valence electrons. The fraction of sp³-hybridized carbons (Fsp3) is 0.647. The smallest absolute Gasteiger partial charge is 0.247 e. The van der Waals surface area contributed by atoms with E-state index in [2.05, 4.69) is 39.3 Å². The van der Waals surface area contributed by atoms with E-state index in [1.165, 1.54) is 0 Å². The van der Waals surface area contributed by atoms with Crippen molar-refractivity contribution in [1.29, 1.82) is 0 Å². The maximum atomic E-state index is 13.5. The zero-order valence-corrected chi connectivity index (χ0v) is 18.5. The molecule has 0 saturated heterocycles. The van der Waals surface area contributed by atoms with E-state index < -0.39 is 23.5 Å². The second-order valence-electron chi connectivity index (χ2n) is 8.74. The highest BCUT2D eigenvalue weighted by molar-refractivity contribution is 7.59. The van der Waals surface area contributed by atoms with Crippen molar-refractivity contribution in [2.24, 2.45) is 0 Å². The maximum absolute atomic E-state index is 13.5. The first-order valence-corrected chi connectivity index (χ1v) is 17.8. The van der Waals surface area contributed by atoms with Gasteiger partial charge in [-0.3, -0.25) is 4.57 Å². The van der Waals surface area contributed by atoms with Gasteiger partial charge in [-0.2, -0.15) is 0 Å². The average Bonchev–Trinajstić information content (AvgIpc) is 2.43. The van der Waals surface area contributed by atoms with E-state index in [0.29, 0.717) is 23.6 Å². The van der Waals surface area contributed by atoms with E-state index >= 15 is 0 Å². The highest BCUT2D eigenvalue weighted by Crippen LogP contribution is 2.50. The van der Waals surface area contributed by atoms with Gasteiger partial charge in [0.05, 0.1) is 6.61 Å². The highest BCUT2D eigenvalue weighted by Gasteiger charge is 2.30. The van der Waals surface area contributed by atoms with Crippen molar-refractivity contribution in [3.63, 3.8) is 0 Å². The molecule has 0 heterocycles. The minimum absolute atomic E-state index is 0.0851. The lowest BCUT2D eigenvalue weighted by Crippen LogP contribution is -2.24. The van der Waals surface area contributed by atoms with Crippen LogP contribution in [0.2, 0.25) is 51.4 Å². The van der Waals surface area contributed by atoms with Crippen LogP contribution in [0.5, 0.6) is 5.75 Å². The summed E-state index contributed by atoms with van der Waals surface area (Å²) in [6, 6.07) is 9.41. The fourth-order valence-corrected chi connectivity index (χ4v) is 11.2. The topological polar surface area (TPSA) is 46.5 Å². The molecule has 3 nitrogen and oxygen atoms in total. The Labute approximate surface area is 143 Å². The summed E-state index contributed by atoms with van der Waals surface area (Å²) >= 11 is 0. The molecule has 0 bridgehead atoms. The normalized spacial score (nSPS) is 13.2. The lowest BCUT2D eigenvalue weighted by atomic mass is 10.2. The lowest BCUT2D eigenvalue weighted by molar-refractivity contribution is 0.278. The first-order chi connectivity index (χ1) is 10.4. The molecule has 0 fully saturated rings. The molecule has 1 aromatic carbocycles. The predicted octanol–water partition coefficient (Wildman–Crippen LogP) is 5.51. The van der Waals surface area contributed by atoms with Crippen LogP contribution >= 0.6 is 7.37 Å². The summed E-state index contributed by atoms with van der Waals surface area (Å²) in [5.74, 6) is 0.587. The van der Waals surface area contributed by atoms with Gasteiger partial charge in [0.25, 0.3) is 0 Å². The summed E-state index contributed by atoms with van der Waals surface area (Å²) in [5.41, 5.74) is 0.716. The number of aliphatic hydroxyl groups excluding tert-OH is 1. The molecule has 1 rings (SSSR count). The first kappa shape index (κ1) is 20.7. The Kier molecular flexibility index (Phi) is 7.33. The molecule has 0 aliphatic carbocycles.